The first-order valence-corrected chi connectivity index (χ1v) is 19.7. The molecule has 2 heterocycles. The topological polar surface area (TPSA) is 102 Å². The molecule has 2 aromatic rings. The van der Waals surface area contributed by atoms with Gasteiger partial charge in [-0.15, -0.1) is 0 Å². The molecule has 0 bridgehead atoms. The Bertz CT molecular complexity index is 1270. The monoisotopic (exact) mass is 769 g/mol. The average Bonchev–Trinajstić information content (AvgIpc) is 3.13. The molecule has 0 aliphatic carbocycles. The van der Waals surface area contributed by atoms with Gasteiger partial charge in [-0.2, -0.15) is 0 Å². The zero-order chi connectivity index (χ0) is 36.3. The molecule has 0 unspecified atom stereocenters. The van der Waals surface area contributed by atoms with Crippen molar-refractivity contribution in [2.75, 3.05) is 13.2 Å². The number of alkyl carbamates (subject to hydrolysis) is 1. The number of alkyl halides is 3. The predicted octanol–water partition coefficient (Wildman–Crippen LogP) is 9.90. The molecule has 2 aliphatic heterocycles. The van der Waals surface area contributed by atoms with E-state index in [9.17, 15) is 9.59 Å². The maximum Gasteiger partial charge on any atom is 0.407 e. The zero-order valence-electron chi connectivity index (χ0n) is 29.7. The van der Waals surface area contributed by atoms with E-state index in [4.69, 9.17) is 63.2 Å². The van der Waals surface area contributed by atoms with Crippen LogP contribution in [0.25, 0.3) is 0 Å². The van der Waals surface area contributed by atoms with Gasteiger partial charge in [0.1, 0.15) is 24.9 Å². The number of carbonyl (C=O) groups excluding carboxylic acids is 2. The fraction of sp³-hybridized carbons (Fsp3) is 0.641. The van der Waals surface area contributed by atoms with E-state index in [2.05, 4.69) is 12.2 Å². The summed E-state index contributed by atoms with van der Waals surface area (Å²) in [5.74, 6) is -0.404. The van der Waals surface area contributed by atoms with Crippen molar-refractivity contribution in [3.8, 4) is 0 Å². The molecule has 1 N–H and O–H groups in total. The molecule has 9 nitrogen and oxygen atoms in total. The van der Waals surface area contributed by atoms with E-state index in [-0.39, 0.29) is 19.6 Å². The van der Waals surface area contributed by atoms with Crippen LogP contribution >= 0.6 is 34.8 Å². The van der Waals surface area contributed by atoms with Crippen molar-refractivity contribution in [3.63, 3.8) is 0 Å². The standard InChI is InChI=1S/C39H54Cl3NO8/c1-2-3-4-5-6-7-8-9-10-11-12-13-20-25-32(44)50-35-33(43-38(45)48-28-39(40,41)42)37(46-26-29-21-16-14-17-22-29)49-31-27-47-36(51-34(31)35)30-23-18-15-19-24-30/h14-19,21-24,31,33-37H,2-13,20,25-28H2,1H3,(H,43,45)/t31-,33-,34-,35-,36-,37+/m1/s1. The Hall–Kier alpha value is -2.11. The highest BCUT2D eigenvalue weighted by molar-refractivity contribution is 6.67. The lowest BCUT2D eigenvalue weighted by Crippen LogP contribution is -2.67. The Labute approximate surface area is 318 Å². The molecule has 0 spiro atoms. The molecule has 2 aliphatic rings. The second-order valence-electron chi connectivity index (χ2n) is 13.3. The number of rotatable bonds is 21. The number of unbranched alkanes of at least 4 members (excludes halogenated alkanes) is 12. The van der Waals surface area contributed by atoms with Gasteiger partial charge in [0.05, 0.1) is 13.2 Å². The fourth-order valence-corrected chi connectivity index (χ4v) is 6.53. The zero-order valence-corrected chi connectivity index (χ0v) is 31.9. The van der Waals surface area contributed by atoms with E-state index >= 15 is 0 Å². The van der Waals surface area contributed by atoms with Gasteiger partial charge < -0.3 is 33.7 Å². The molecule has 1 amide bonds. The minimum absolute atomic E-state index is 0.146. The van der Waals surface area contributed by atoms with Crippen molar-refractivity contribution in [3.05, 3.63) is 71.8 Å². The highest BCUT2D eigenvalue weighted by Gasteiger charge is 2.53. The number of benzene rings is 2. The second kappa shape index (κ2) is 22.8. The van der Waals surface area contributed by atoms with Crippen LogP contribution in [0.3, 0.4) is 0 Å². The van der Waals surface area contributed by atoms with Gasteiger partial charge in [-0.25, -0.2) is 4.79 Å². The van der Waals surface area contributed by atoms with Crippen molar-refractivity contribution in [1.82, 2.24) is 5.32 Å². The normalized spacial score (nSPS) is 23.3. The van der Waals surface area contributed by atoms with Gasteiger partial charge in [0.25, 0.3) is 0 Å². The average molecular weight is 771 g/mol. The summed E-state index contributed by atoms with van der Waals surface area (Å²) in [5, 5.41) is 2.75. The smallest absolute Gasteiger partial charge is 0.407 e. The molecule has 4 rings (SSSR count). The maximum atomic E-state index is 13.4. The Morgan fingerprint density at radius 1 is 0.804 bits per heavy atom. The fourth-order valence-electron chi connectivity index (χ4n) is 6.36. The van der Waals surface area contributed by atoms with Crippen LogP contribution in [0, 0.1) is 0 Å². The molecular weight excluding hydrogens is 717 g/mol. The lowest BCUT2D eigenvalue weighted by molar-refractivity contribution is -0.346. The van der Waals surface area contributed by atoms with Gasteiger partial charge in [-0.1, -0.05) is 179 Å². The number of esters is 1. The number of hydrogen-bond acceptors (Lipinski definition) is 8. The minimum Gasteiger partial charge on any atom is -0.457 e. The molecule has 0 radical (unpaired) electrons. The third-order valence-corrected chi connectivity index (χ3v) is 9.40. The Kier molecular flexibility index (Phi) is 18.7. The summed E-state index contributed by atoms with van der Waals surface area (Å²) >= 11 is 17.5. The van der Waals surface area contributed by atoms with E-state index in [1.807, 2.05) is 60.7 Å². The van der Waals surface area contributed by atoms with Crippen molar-refractivity contribution < 1.29 is 38.0 Å². The molecule has 2 aromatic carbocycles. The van der Waals surface area contributed by atoms with Crippen LogP contribution in [0.4, 0.5) is 4.79 Å². The molecule has 12 heteroatoms. The van der Waals surface area contributed by atoms with Crippen LogP contribution in [0.2, 0.25) is 0 Å². The quantitative estimate of drug-likeness (QED) is 0.0761. The van der Waals surface area contributed by atoms with E-state index in [1.165, 1.54) is 57.8 Å². The van der Waals surface area contributed by atoms with E-state index in [0.717, 1.165) is 30.4 Å². The number of hydrogen-bond donors (Lipinski definition) is 1. The van der Waals surface area contributed by atoms with Crippen molar-refractivity contribution >= 4 is 46.9 Å². The number of carbonyl (C=O) groups is 2. The Morgan fingerprint density at radius 2 is 1.39 bits per heavy atom. The van der Waals surface area contributed by atoms with E-state index in [1.54, 1.807) is 0 Å². The number of amides is 1. The number of fused-ring (bicyclic) bond motifs is 1. The van der Waals surface area contributed by atoms with Gasteiger partial charge in [-0.3, -0.25) is 4.79 Å². The summed E-state index contributed by atoms with van der Waals surface area (Å²) in [6, 6.07) is 17.9. The van der Waals surface area contributed by atoms with Crippen LogP contribution in [-0.2, 0) is 39.8 Å². The van der Waals surface area contributed by atoms with Crippen LogP contribution in [0.1, 0.15) is 114 Å². The van der Waals surface area contributed by atoms with Gasteiger partial charge >= 0.3 is 12.1 Å². The summed E-state index contributed by atoms with van der Waals surface area (Å²) in [5.41, 5.74) is 1.68. The number of ether oxygens (including phenoxy) is 6. The first-order valence-electron chi connectivity index (χ1n) is 18.6. The minimum atomic E-state index is -1.82. The Morgan fingerprint density at radius 3 is 2.00 bits per heavy atom. The molecule has 2 fully saturated rings. The van der Waals surface area contributed by atoms with Crippen LogP contribution in [-0.4, -0.2) is 59.7 Å². The maximum absolute atomic E-state index is 13.4. The van der Waals surface area contributed by atoms with Gasteiger partial charge in [0.2, 0.25) is 3.79 Å². The first-order chi connectivity index (χ1) is 24.7. The summed E-state index contributed by atoms with van der Waals surface area (Å²) in [4.78, 5) is 26.5. The molecule has 0 saturated carbocycles. The Balaban J connectivity index is 1.38. The SMILES string of the molecule is CCCCCCCCCCCCCCCC(=O)O[C@@H]1[C@@H](NC(=O)OCC(Cl)(Cl)Cl)[C@@H](OCc2ccccc2)O[C@@H]2CO[C@@H](c3ccccc3)O[C@@H]12. The van der Waals surface area contributed by atoms with E-state index in [0.29, 0.717) is 6.42 Å². The third-order valence-electron chi connectivity index (χ3n) is 9.07. The lowest BCUT2D eigenvalue weighted by Gasteiger charge is -2.48. The first kappa shape index (κ1) is 41.6. The van der Waals surface area contributed by atoms with Crippen molar-refractivity contribution in [1.29, 1.82) is 0 Å². The summed E-state index contributed by atoms with van der Waals surface area (Å²) < 4.78 is 34.5. The predicted molar refractivity (Wildman–Crippen MR) is 199 cm³/mol. The van der Waals surface area contributed by atoms with Crippen molar-refractivity contribution in [2.45, 2.75) is 144 Å². The van der Waals surface area contributed by atoms with Crippen molar-refractivity contribution in [2.24, 2.45) is 0 Å². The largest absolute Gasteiger partial charge is 0.457 e. The molecule has 2 saturated heterocycles. The van der Waals surface area contributed by atoms with Gasteiger partial charge in [-0.05, 0) is 12.0 Å². The molecule has 0 aromatic heterocycles. The third kappa shape index (κ3) is 15.4. The highest BCUT2D eigenvalue weighted by Crippen LogP contribution is 2.36. The van der Waals surface area contributed by atoms with Crippen LogP contribution in [0.5, 0.6) is 0 Å². The molecule has 51 heavy (non-hydrogen) atoms. The number of nitrogens with one attached hydrogen (secondary N) is 1. The number of halogens is 3. The summed E-state index contributed by atoms with van der Waals surface area (Å²) in [6.07, 6.45) is 10.7. The molecule has 284 valence electrons. The molecule has 6 atom stereocenters. The lowest BCUT2D eigenvalue weighted by atomic mass is 9.95. The van der Waals surface area contributed by atoms with Crippen LogP contribution in [0.15, 0.2) is 60.7 Å². The second-order valence-corrected chi connectivity index (χ2v) is 15.8. The van der Waals surface area contributed by atoms with Gasteiger partial charge in [0.15, 0.2) is 18.7 Å². The highest BCUT2D eigenvalue weighted by atomic mass is 35.6. The molecular formula is C39H54Cl3NO8. The van der Waals surface area contributed by atoms with Crippen LogP contribution < -0.4 is 5.32 Å². The summed E-state index contributed by atoms with van der Waals surface area (Å²) in [6.45, 7) is 2.06. The van der Waals surface area contributed by atoms with E-state index < -0.39 is 59.4 Å². The summed E-state index contributed by atoms with van der Waals surface area (Å²) in [7, 11) is 0. The van der Waals surface area contributed by atoms with Gasteiger partial charge in [0, 0.05) is 12.0 Å².